The third kappa shape index (κ3) is 2.71. The molecule has 110 valence electrons. The lowest BCUT2D eigenvalue weighted by Gasteiger charge is -2.35. The van der Waals surface area contributed by atoms with Gasteiger partial charge < -0.3 is 10.4 Å². The van der Waals surface area contributed by atoms with Gasteiger partial charge in [-0.25, -0.2) is 0 Å². The zero-order chi connectivity index (χ0) is 13.5. The van der Waals surface area contributed by atoms with Crippen molar-refractivity contribution in [2.45, 2.75) is 64.8 Å². The predicted octanol–water partition coefficient (Wildman–Crippen LogP) is 3.20. The van der Waals surface area contributed by atoms with Crippen molar-refractivity contribution in [2.24, 2.45) is 29.1 Å². The molecule has 2 heteroatoms. The van der Waals surface area contributed by atoms with Crippen molar-refractivity contribution in [2.75, 3.05) is 13.2 Å². The van der Waals surface area contributed by atoms with Gasteiger partial charge in [0, 0.05) is 19.2 Å². The van der Waals surface area contributed by atoms with Crippen molar-refractivity contribution in [3.63, 3.8) is 0 Å². The Morgan fingerprint density at radius 3 is 2.68 bits per heavy atom. The monoisotopic (exact) mass is 265 g/mol. The SMILES string of the molecule is CC(C)(CCCO)CNC1CC2CC1C1CCCC21. The van der Waals surface area contributed by atoms with Crippen LogP contribution < -0.4 is 5.32 Å². The molecule has 0 aromatic heterocycles. The average Bonchev–Trinajstić information content (AvgIpc) is 3.05. The average molecular weight is 265 g/mol. The highest BCUT2D eigenvalue weighted by Crippen LogP contribution is 2.58. The highest BCUT2D eigenvalue weighted by molar-refractivity contribution is 5.05. The summed E-state index contributed by atoms with van der Waals surface area (Å²) in [5.41, 5.74) is 0.333. The lowest BCUT2D eigenvalue weighted by atomic mass is 9.78. The number of hydrogen-bond donors (Lipinski definition) is 2. The van der Waals surface area contributed by atoms with Crippen LogP contribution in [0.1, 0.15) is 58.8 Å². The Morgan fingerprint density at radius 2 is 1.89 bits per heavy atom. The Bertz CT molecular complexity index is 314. The predicted molar refractivity (Wildman–Crippen MR) is 78.9 cm³/mol. The number of fused-ring (bicyclic) bond motifs is 5. The molecule has 0 radical (unpaired) electrons. The number of nitrogens with one attached hydrogen (secondary N) is 1. The van der Waals surface area contributed by atoms with E-state index in [9.17, 15) is 0 Å². The largest absolute Gasteiger partial charge is 0.396 e. The van der Waals surface area contributed by atoms with E-state index in [4.69, 9.17) is 5.11 Å². The molecule has 0 aliphatic heterocycles. The minimum Gasteiger partial charge on any atom is -0.396 e. The molecular weight excluding hydrogens is 234 g/mol. The second-order valence-corrected chi connectivity index (χ2v) is 8.13. The first-order chi connectivity index (χ1) is 9.11. The zero-order valence-electron chi connectivity index (χ0n) is 12.7. The van der Waals surface area contributed by atoms with Gasteiger partial charge in [-0.1, -0.05) is 20.3 Å². The standard InChI is InChI=1S/C17H31NO/c1-17(2,7-4-8-19)11-18-16-10-12-9-15(16)14-6-3-5-13(12)14/h12-16,18-19H,3-11H2,1-2H3. The van der Waals surface area contributed by atoms with Crippen LogP contribution in [0.3, 0.4) is 0 Å². The Balaban J connectivity index is 1.49. The van der Waals surface area contributed by atoms with E-state index >= 15 is 0 Å². The van der Waals surface area contributed by atoms with E-state index in [1.165, 1.54) is 32.1 Å². The van der Waals surface area contributed by atoms with Gasteiger partial charge in [0.25, 0.3) is 0 Å². The molecule has 3 saturated carbocycles. The van der Waals surface area contributed by atoms with Crippen LogP contribution in [-0.2, 0) is 0 Å². The number of rotatable bonds is 6. The first-order valence-corrected chi connectivity index (χ1v) is 8.45. The van der Waals surface area contributed by atoms with Gasteiger partial charge in [-0.3, -0.25) is 0 Å². The molecule has 0 saturated heterocycles. The molecule has 2 nitrogen and oxygen atoms in total. The van der Waals surface area contributed by atoms with Crippen molar-refractivity contribution in [1.82, 2.24) is 5.32 Å². The molecule has 0 aromatic rings. The molecule has 0 spiro atoms. The maximum Gasteiger partial charge on any atom is 0.0431 e. The number of hydrogen-bond acceptors (Lipinski definition) is 2. The van der Waals surface area contributed by atoms with Crippen LogP contribution in [0.15, 0.2) is 0 Å². The topological polar surface area (TPSA) is 32.3 Å². The molecule has 0 aromatic carbocycles. The van der Waals surface area contributed by atoms with Gasteiger partial charge >= 0.3 is 0 Å². The van der Waals surface area contributed by atoms with E-state index in [0.29, 0.717) is 12.0 Å². The summed E-state index contributed by atoms with van der Waals surface area (Å²) in [6, 6.07) is 0.803. The lowest BCUT2D eigenvalue weighted by Crippen LogP contribution is -2.43. The summed E-state index contributed by atoms with van der Waals surface area (Å²) in [5, 5.41) is 12.9. The van der Waals surface area contributed by atoms with E-state index in [0.717, 1.165) is 49.1 Å². The molecule has 0 heterocycles. The fraction of sp³-hybridized carbons (Fsp3) is 1.00. The molecule has 2 bridgehead atoms. The Hall–Kier alpha value is -0.0800. The summed E-state index contributed by atoms with van der Waals surface area (Å²) in [4.78, 5) is 0. The highest BCUT2D eigenvalue weighted by atomic mass is 16.2. The lowest BCUT2D eigenvalue weighted by molar-refractivity contribution is 0.183. The second kappa shape index (κ2) is 5.37. The summed E-state index contributed by atoms with van der Waals surface area (Å²) < 4.78 is 0. The van der Waals surface area contributed by atoms with Gasteiger partial charge in [-0.15, -0.1) is 0 Å². The van der Waals surface area contributed by atoms with E-state index < -0.39 is 0 Å². The van der Waals surface area contributed by atoms with Crippen LogP contribution in [0, 0.1) is 29.1 Å². The second-order valence-electron chi connectivity index (χ2n) is 8.13. The summed E-state index contributed by atoms with van der Waals surface area (Å²) in [5.74, 6) is 4.21. The van der Waals surface area contributed by atoms with E-state index in [1.54, 1.807) is 0 Å². The van der Waals surface area contributed by atoms with Crippen molar-refractivity contribution in [3.05, 3.63) is 0 Å². The normalized spacial score (nSPS) is 40.9. The first kappa shape index (κ1) is 13.9. The van der Waals surface area contributed by atoms with Crippen LogP contribution in [0.2, 0.25) is 0 Å². The maximum atomic E-state index is 8.98. The fourth-order valence-corrected chi connectivity index (χ4v) is 5.36. The van der Waals surface area contributed by atoms with E-state index in [1.807, 2.05) is 0 Å². The van der Waals surface area contributed by atoms with Gasteiger partial charge in [0.15, 0.2) is 0 Å². The number of aliphatic hydroxyl groups excluding tert-OH is 1. The molecule has 0 amide bonds. The summed E-state index contributed by atoms with van der Waals surface area (Å²) in [7, 11) is 0. The molecule has 5 atom stereocenters. The third-order valence-electron chi connectivity index (χ3n) is 6.28. The molecular formula is C17H31NO. The van der Waals surface area contributed by atoms with Crippen molar-refractivity contribution in [3.8, 4) is 0 Å². The molecule has 5 unspecified atom stereocenters. The van der Waals surface area contributed by atoms with Gasteiger partial charge in [-0.05, 0) is 67.6 Å². The minimum atomic E-state index is 0.333. The van der Waals surface area contributed by atoms with Gasteiger partial charge in [0.05, 0.1) is 0 Å². The van der Waals surface area contributed by atoms with Crippen LogP contribution in [0.5, 0.6) is 0 Å². The summed E-state index contributed by atoms with van der Waals surface area (Å²) in [6.07, 6.45) is 9.57. The smallest absolute Gasteiger partial charge is 0.0431 e. The van der Waals surface area contributed by atoms with Crippen LogP contribution in [0.25, 0.3) is 0 Å². The maximum absolute atomic E-state index is 8.98. The molecule has 19 heavy (non-hydrogen) atoms. The molecule has 3 aliphatic rings. The van der Waals surface area contributed by atoms with Crippen LogP contribution in [-0.4, -0.2) is 24.3 Å². The van der Waals surface area contributed by atoms with Crippen molar-refractivity contribution in [1.29, 1.82) is 0 Å². The fourth-order valence-electron chi connectivity index (χ4n) is 5.36. The summed E-state index contributed by atoms with van der Waals surface area (Å²) >= 11 is 0. The molecule has 3 rings (SSSR count). The zero-order valence-corrected chi connectivity index (χ0v) is 12.7. The quantitative estimate of drug-likeness (QED) is 0.773. The molecule has 3 fully saturated rings. The number of aliphatic hydroxyl groups is 1. The summed E-state index contributed by atoms with van der Waals surface area (Å²) in [6.45, 7) is 6.13. The molecule has 2 N–H and O–H groups in total. The van der Waals surface area contributed by atoms with Crippen molar-refractivity contribution >= 4 is 0 Å². The van der Waals surface area contributed by atoms with E-state index in [2.05, 4.69) is 19.2 Å². The Morgan fingerprint density at radius 1 is 1.11 bits per heavy atom. The van der Waals surface area contributed by atoms with Crippen LogP contribution in [0.4, 0.5) is 0 Å². The van der Waals surface area contributed by atoms with Gasteiger partial charge in [-0.2, -0.15) is 0 Å². The van der Waals surface area contributed by atoms with Crippen LogP contribution >= 0.6 is 0 Å². The minimum absolute atomic E-state index is 0.333. The first-order valence-electron chi connectivity index (χ1n) is 8.45. The molecule has 3 aliphatic carbocycles. The van der Waals surface area contributed by atoms with E-state index in [-0.39, 0.29) is 0 Å². The Labute approximate surface area is 118 Å². The highest BCUT2D eigenvalue weighted by Gasteiger charge is 2.53. The third-order valence-corrected chi connectivity index (χ3v) is 6.28. The van der Waals surface area contributed by atoms with Gasteiger partial charge in [0.2, 0.25) is 0 Å². The van der Waals surface area contributed by atoms with Gasteiger partial charge in [0.1, 0.15) is 0 Å². The van der Waals surface area contributed by atoms with Crippen molar-refractivity contribution < 1.29 is 5.11 Å². The Kier molecular flexibility index (Phi) is 3.92.